The zero-order valence-corrected chi connectivity index (χ0v) is 15.5. The van der Waals surface area contributed by atoms with Crippen LogP contribution in [-0.4, -0.2) is 22.3 Å². The van der Waals surface area contributed by atoms with Gasteiger partial charge in [0.05, 0.1) is 18.5 Å². The summed E-state index contributed by atoms with van der Waals surface area (Å²) in [5.41, 5.74) is 1.73. The zero-order valence-electron chi connectivity index (χ0n) is 14.8. The molecule has 7 heteroatoms. The lowest BCUT2D eigenvalue weighted by Crippen LogP contribution is -2.24. The molecule has 27 heavy (non-hydrogen) atoms. The van der Waals surface area contributed by atoms with Gasteiger partial charge in [0.15, 0.2) is 11.4 Å². The highest BCUT2D eigenvalue weighted by molar-refractivity contribution is 6.30. The van der Waals surface area contributed by atoms with E-state index in [0.29, 0.717) is 29.6 Å². The molecule has 0 atom stereocenters. The molecular formula is C20H19ClFN3O2. The van der Waals surface area contributed by atoms with Gasteiger partial charge in [-0.1, -0.05) is 30.7 Å². The molecule has 0 bridgehead atoms. The van der Waals surface area contributed by atoms with Crippen LogP contribution in [0.5, 0.6) is 5.75 Å². The van der Waals surface area contributed by atoms with Crippen LogP contribution in [0.15, 0.2) is 54.7 Å². The summed E-state index contributed by atoms with van der Waals surface area (Å²) in [4.78, 5) is 12.6. The lowest BCUT2D eigenvalue weighted by atomic mass is 10.2. The number of ether oxygens (including phenoxy) is 1. The Hall–Kier alpha value is -2.86. The summed E-state index contributed by atoms with van der Waals surface area (Å²) in [7, 11) is 0. The predicted octanol–water partition coefficient (Wildman–Crippen LogP) is 4.38. The van der Waals surface area contributed by atoms with Crippen LogP contribution in [0.3, 0.4) is 0 Å². The number of amides is 1. The topological polar surface area (TPSA) is 56.2 Å². The van der Waals surface area contributed by atoms with Crippen molar-refractivity contribution in [1.29, 1.82) is 0 Å². The van der Waals surface area contributed by atoms with E-state index in [1.54, 1.807) is 30.5 Å². The molecule has 2 aromatic carbocycles. The van der Waals surface area contributed by atoms with Crippen LogP contribution in [-0.2, 0) is 6.54 Å². The summed E-state index contributed by atoms with van der Waals surface area (Å²) >= 11 is 5.87. The Balaban J connectivity index is 1.79. The van der Waals surface area contributed by atoms with Crippen LogP contribution in [0.25, 0.3) is 5.69 Å². The van der Waals surface area contributed by atoms with E-state index in [2.05, 4.69) is 10.4 Å². The minimum atomic E-state index is -0.350. The van der Waals surface area contributed by atoms with Gasteiger partial charge in [-0.2, -0.15) is 5.10 Å². The monoisotopic (exact) mass is 387 g/mol. The predicted molar refractivity (Wildman–Crippen MR) is 102 cm³/mol. The normalized spacial score (nSPS) is 10.6. The quantitative estimate of drug-likeness (QED) is 0.654. The summed E-state index contributed by atoms with van der Waals surface area (Å²) in [6, 6.07) is 13.1. The van der Waals surface area contributed by atoms with Crippen molar-refractivity contribution in [2.75, 3.05) is 6.61 Å². The molecule has 0 saturated carbocycles. The Morgan fingerprint density at radius 2 is 1.89 bits per heavy atom. The fourth-order valence-electron chi connectivity index (χ4n) is 2.43. The first-order valence-electron chi connectivity index (χ1n) is 8.58. The Kier molecular flexibility index (Phi) is 6.08. The van der Waals surface area contributed by atoms with Gasteiger partial charge >= 0.3 is 0 Å². The third kappa shape index (κ3) is 4.86. The highest BCUT2D eigenvalue weighted by Crippen LogP contribution is 2.21. The number of halogens is 2. The van der Waals surface area contributed by atoms with Crippen LogP contribution < -0.4 is 10.1 Å². The van der Waals surface area contributed by atoms with Crippen LogP contribution in [0.2, 0.25) is 5.02 Å². The molecule has 3 rings (SSSR count). The van der Waals surface area contributed by atoms with Gasteiger partial charge in [0.2, 0.25) is 0 Å². The summed E-state index contributed by atoms with van der Waals surface area (Å²) < 4.78 is 20.3. The molecule has 1 N–H and O–H groups in total. The molecule has 1 heterocycles. The zero-order chi connectivity index (χ0) is 19.2. The number of aromatic nitrogens is 2. The Morgan fingerprint density at radius 3 is 2.56 bits per heavy atom. The third-order valence-electron chi connectivity index (χ3n) is 3.81. The summed E-state index contributed by atoms with van der Waals surface area (Å²) in [6.45, 7) is 2.78. The molecule has 0 aliphatic rings. The molecule has 0 saturated heterocycles. The minimum Gasteiger partial charge on any atom is -0.489 e. The maximum absolute atomic E-state index is 13.1. The Labute approximate surface area is 161 Å². The maximum Gasteiger partial charge on any atom is 0.275 e. The van der Waals surface area contributed by atoms with E-state index in [9.17, 15) is 9.18 Å². The van der Waals surface area contributed by atoms with Crippen molar-refractivity contribution < 1.29 is 13.9 Å². The first-order valence-corrected chi connectivity index (χ1v) is 8.95. The van der Waals surface area contributed by atoms with Crippen LogP contribution in [0.4, 0.5) is 4.39 Å². The fraction of sp³-hybridized carbons (Fsp3) is 0.200. The SMILES string of the molecule is CCCOc1cn(-c2ccc(F)cc2)nc1C(=O)NCc1ccc(Cl)cc1. The van der Waals surface area contributed by atoms with Gasteiger partial charge in [0.25, 0.3) is 5.91 Å². The van der Waals surface area contributed by atoms with Gasteiger partial charge in [-0.25, -0.2) is 9.07 Å². The number of benzene rings is 2. The van der Waals surface area contributed by atoms with Gasteiger partial charge in [0.1, 0.15) is 5.82 Å². The Bertz CT molecular complexity index is 908. The molecule has 3 aromatic rings. The first kappa shape index (κ1) is 18.9. The van der Waals surface area contributed by atoms with E-state index in [1.165, 1.54) is 16.8 Å². The molecule has 0 fully saturated rings. The molecule has 140 valence electrons. The van der Waals surface area contributed by atoms with Gasteiger partial charge in [0, 0.05) is 11.6 Å². The van der Waals surface area contributed by atoms with Crippen molar-refractivity contribution in [3.8, 4) is 11.4 Å². The van der Waals surface area contributed by atoms with Gasteiger partial charge in [-0.15, -0.1) is 0 Å². The lowest BCUT2D eigenvalue weighted by molar-refractivity contribution is 0.0941. The molecule has 0 unspecified atom stereocenters. The van der Waals surface area contributed by atoms with E-state index < -0.39 is 0 Å². The highest BCUT2D eigenvalue weighted by Gasteiger charge is 2.19. The first-order chi connectivity index (χ1) is 13.1. The summed E-state index contributed by atoms with van der Waals surface area (Å²) in [5.74, 6) is -0.305. The smallest absolute Gasteiger partial charge is 0.275 e. The van der Waals surface area contributed by atoms with E-state index in [-0.39, 0.29) is 17.4 Å². The number of hydrogen-bond donors (Lipinski definition) is 1. The average molecular weight is 388 g/mol. The van der Waals surface area contributed by atoms with E-state index >= 15 is 0 Å². The van der Waals surface area contributed by atoms with Crippen molar-refractivity contribution in [3.63, 3.8) is 0 Å². The van der Waals surface area contributed by atoms with E-state index in [1.807, 2.05) is 19.1 Å². The number of nitrogens with zero attached hydrogens (tertiary/aromatic N) is 2. The van der Waals surface area contributed by atoms with E-state index in [0.717, 1.165) is 12.0 Å². The van der Waals surface area contributed by atoms with Crippen molar-refractivity contribution in [1.82, 2.24) is 15.1 Å². The molecule has 1 aromatic heterocycles. The molecule has 5 nitrogen and oxygen atoms in total. The van der Waals surface area contributed by atoms with Gasteiger partial charge < -0.3 is 10.1 Å². The number of carbonyl (C=O) groups is 1. The van der Waals surface area contributed by atoms with Crippen LogP contribution in [0.1, 0.15) is 29.4 Å². The molecule has 0 aliphatic heterocycles. The molecule has 1 amide bonds. The van der Waals surface area contributed by atoms with Gasteiger partial charge in [-0.3, -0.25) is 4.79 Å². The molecule has 0 aliphatic carbocycles. The second-order valence-corrected chi connectivity index (χ2v) is 6.36. The van der Waals surface area contributed by atoms with Crippen molar-refractivity contribution >= 4 is 17.5 Å². The largest absolute Gasteiger partial charge is 0.489 e. The minimum absolute atomic E-state index is 0.182. The third-order valence-corrected chi connectivity index (χ3v) is 4.07. The standard InChI is InChI=1S/C20H19ClFN3O2/c1-2-11-27-18-13-25(17-9-7-16(22)8-10-17)24-19(18)20(26)23-12-14-3-5-15(21)6-4-14/h3-10,13H,2,11-12H2,1H3,(H,23,26). The van der Waals surface area contributed by atoms with E-state index in [4.69, 9.17) is 16.3 Å². The fourth-order valence-corrected chi connectivity index (χ4v) is 2.55. The number of rotatable bonds is 7. The van der Waals surface area contributed by atoms with Crippen molar-refractivity contribution in [2.45, 2.75) is 19.9 Å². The maximum atomic E-state index is 13.1. The summed E-state index contributed by atoms with van der Waals surface area (Å²) in [6.07, 6.45) is 2.42. The lowest BCUT2D eigenvalue weighted by Gasteiger charge is -2.06. The average Bonchev–Trinajstić information content (AvgIpc) is 3.10. The number of hydrogen-bond acceptors (Lipinski definition) is 3. The molecular weight excluding hydrogens is 369 g/mol. The van der Waals surface area contributed by atoms with Crippen LogP contribution >= 0.6 is 11.6 Å². The summed E-state index contributed by atoms with van der Waals surface area (Å²) in [5, 5.41) is 7.79. The van der Waals surface area contributed by atoms with Gasteiger partial charge in [-0.05, 0) is 48.4 Å². The van der Waals surface area contributed by atoms with Crippen molar-refractivity contribution in [3.05, 3.63) is 76.8 Å². The molecule has 0 spiro atoms. The molecule has 0 radical (unpaired) electrons. The number of carbonyl (C=O) groups excluding carboxylic acids is 1. The van der Waals surface area contributed by atoms with Crippen LogP contribution in [0, 0.1) is 5.82 Å². The Morgan fingerprint density at radius 1 is 1.19 bits per heavy atom. The second-order valence-electron chi connectivity index (χ2n) is 5.92. The number of nitrogens with one attached hydrogen (secondary N) is 1. The second kappa shape index (κ2) is 8.68. The highest BCUT2D eigenvalue weighted by atomic mass is 35.5. The van der Waals surface area contributed by atoms with Crippen molar-refractivity contribution in [2.24, 2.45) is 0 Å².